The minimum absolute atomic E-state index is 0.0842. The number of fused-ring (bicyclic) bond motifs is 1. The van der Waals surface area contributed by atoms with Gasteiger partial charge in [-0.25, -0.2) is 13.8 Å². The summed E-state index contributed by atoms with van der Waals surface area (Å²) in [5.41, 5.74) is 7.83. The van der Waals surface area contributed by atoms with Crippen LogP contribution in [0.2, 0.25) is 0 Å². The lowest BCUT2D eigenvalue weighted by molar-refractivity contribution is 0.512. The van der Waals surface area contributed by atoms with Gasteiger partial charge >= 0.3 is 0 Å². The maximum atomic E-state index is 13.8. The molecule has 1 aromatic carbocycles. The molecule has 0 unspecified atom stereocenters. The van der Waals surface area contributed by atoms with E-state index in [0.717, 1.165) is 10.9 Å². The van der Waals surface area contributed by atoms with E-state index < -0.39 is 11.6 Å². The fraction of sp³-hybridized carbons (Fsp3) is 0.0909. The molecule has 0 saturated carbocycles. The van der Waals surface area contributed by atoms with Gasteiger partial charge in [-0.1, -0.05) is 0 Å². The smallest absolute Gasteiger partial charge is 0.201 e. The second-order valence-electron chi connectivity index (χ2n) is 3.75. The van der Waals surface area contributed by atoms with Gasteiger partial charge in [0.15, 0.2) is 11.6 Å². The van der Waals surface area contributed by atoms with E-state index >= 15 is 0 Å². The summed E-state index contributed by atoms with van der Waals surface area (Å²) in [4.78, 5) is 8.84. The Kier molecular flexibility index (Phi) is 2.48. The molecule has 2 N–H and O–H groups in total. The summed E-state index contributed by atoms with van der Waals surface area (Å²) >= 11 is 1.42. The van der Waals surface area contributed by atoms with Gasteiger partial charge in [0, 0.05) is 11.1 Å². The maximum absolute atomic E-state index is 13.8. The zero-order chi connectivity index (χ0) is 12.7. The molecule has 3 rings (SSSR count). The lowest BCUT2D eigenvalue weighted by Gasteiger charge is -2.05. The first-order valence-corrected chi connectivity index (χ1v) is 6.02. The molecule has 0 aliphatic rings. The molecule has 2 aromatic heterocycles. The van der Waals surface area contributed by atoms with Gasteiger partial charge in [0.2, 0.25) is 5.95 Å². The van der Waals surface area contributed by atoms with Crippen molar-refractivity contribution >= 4 is 28.3 Å². The second kappa shape index (κ2) is 4.02. The van der Waals surface area contributed by atoms with Gasteiger partial charge in [-0.15, -0.1) is 11.3 Å². The van der Waals surface area contributed by atoms with E-state index in [1.165, 1.54) is 22.0 Å². The van der Waals surface area contributed by atoms with Crippen LogP contribution in [0.15, 0.2) is 23.8 Å². The molecule has 7 heteroatoms. The number of aromatic nitrogens is 3. The number of benzene rings is 1. The predicted octanol–water partition coefficient (Wildman–Crippen LogP) is 2.40. The van der Waals surface area contributed by atoms with E-state index in [2.05, 4.69) is 9.97 Å². The number of thiazole rings is 1. The van der Waals surface area contributed by atoms with Crippen molar-refractivity contribution in [2.45, 2.75) is 6.54 Å². The molecule has 0 atom stereocenters. The molecule has 18 heavy (non-hydrogen) atoms. The topological polar surface area (TPSA) is 56.7 Å². The average molecular weight is 266 g/mol. The summed E-state index contributed by atoms with van der Waals surface area (Å²) < 4.78 is 28.5. The first kappa shape index (κ1) is 11.1. The van der Waals surface area contributed by atoms with E-state index in [0.29, 0.717) is 12.1 Å². The molecular formula is C11H8F2N4S. The summed E-state index contributed by atoms with van der Waals surface area (Å²) in [6, 6.07) is 2.45. The Labute approximate surface area is 105 Å². The monoisotopic (exact) mass is 266 g/mol. The fourth-order valence-electron chi connectivity index (χ4n) is 1.81. The second-order valence-corrected chi connectivity index (χ2v) is 4.72. The largest absolute Gasteiger partial charge is 0.369 e. The maximum Gasteiger partial charge on any atom is 0.201 e. The number of anilines is 1. The number of nitrogen functional groups attached to an aromatic ring is 1. The number of halogens is 2. The molecule has 0 spiro atoms. The summed E-state index contributed by atoms with van der Waals surface area (Å²) in [5, 5.41) is 0. The lowest BCUT2D eigenvalue weighted by Crippen LogP contribution is -2.04. The van der Waals surface area contributed by atoms with E-state index in [-0.39, 0.29) is 11.5 Å². The summed E-state index contributed by atoms with van der Waals surface area (Å²) in [7, 11) is 0. The predicted molar refractivity (Wildman–Crippen MR) is 65.3 cm³/mol. The summed E-state index contributed by atoms with van der Waals surface area (Å²) in [5.74, 6) is -1.68. The highest BCUT2D eigenvalue weighted by molar-refractivity contribution is 7.09. The third kappa shape index (κ3) is 1.63. The molecule has 0 amide bonds. The van der Waals surface area contributed by atoms with Gasteiger partial charge in [-0.2, -0.15) is 0 Å². The van der Waals surface area contributed by atoms with Crippen molar-refractivity contribution in [1.29, 1.82) is 0 Å². The van der Waals surface area contributed by atoms with E-state index in [1.54, 1.807) is 11.7 Å². The van der Waals surface area contributed by atoms with Crippen molar-refractivity contribution in [3.05, 3.63) is 40.4 Å². The SMILES string of the molecule is Nc1nc2ccc(F)c(F)c2n1Cc1cncs1. The van der Waals surface area contributed by atoms with Crippen molar-refractivity contribution in [1.82, 2.24) is 14.5 Å². The molecule has 0 aliphatic carbocycles. The molecule has 0 aliphatic heterocycles. The van der Waals surface area contributed by atoms with Crippen LogP contribution in [0.4, 0.5) is 14.7 Å². The van der Waals surface area contributed by atoms with Crippen molar-refractivity contribution < 1.29 is 8.78 Å². The Morgan fingerprint density at radius 2 is 2.17 bits per heavy atom. The molecule has 0 saturated heterocycles. The van der Waals surface area contributed by atoms with Crippen molar-refractivity contribution in [2.75, 3.05) is 5.73 Å². The van der Waals surface area contributed by atoms with Crippen molar-refractivity contribution in [3.8, 4) is 0 Å². The average Bonchev–Trinajstić information content (AvgIpc) is 2.94. The van der Waals surface area contributed by atoms with Crippen LogP contribution in [0.3, 0.4) is 0 Å². The Morgan fingerprint density at radius 1 is 1.33 bits per heavy atom. The van der Waals surface area contributed by atoms with Crippen LogP contribution < -0.4 is 5.73 Å². The Balaban J connectivity index is 2.21. The molecule has 92 valence electrons. The number of hydrogen-bond acceptors (Lipinski definition) is 4. The first-order valence-electron chi connectivity index (χ1n) is 5.14. The van der Waals surface area contributed by atoms with Crippen LogP contribution in [-0.4, -0.2) is 14.5 Å². The quantitative estimate of drug-likeness (QED) is 0.775. The van der Waals surface area contributed by atoms with E-state index in [4.69, 9.17) is 5.73 Å². The third-order valence-electron chi connectivity index (χ3n) is 2.63. The molecule has 4 nitrogen and oxygen atoms in total. The van der Waals surface area contributed by atoms with E-state index in [1.807, 2.05) is 0 Å². The number of nitrogens with two attached hydrogens (primary N) is 1. The molecule has 0 bridgehead atoms. The van der Waals surface area contributed by atoms with Gasteiger partial charge in [-0.3, -0.25) is 4.98 Å². The minimum atomic E-state index is -0.929. The molecule has 0 radical (unpaired) electrons. The van der Waals surface area contributed by atoms with Gasteiger partial charge in [0.25, 0.3) is 0 Å². The highest BCUT2D eigenvalue weighted by Crippen LogP contribution is 2.24. The standard InChI is InChI=1S/C11H8F2N4S/c12-7-1-2-8-10(9(7)13)17(11(14)16-8)4-6-3-15-5-18-6/h1-3,5H,4H2,(H2,14,16). The Hall–Kier alpha value is -2.02. The Bertz CT molecular complexity index is 705. The van der Waals surface area contributed by atoms with Gasteiger partial charge in [0.05, 0.1) is 17.6 Å². The molecule has 2 heterocycles. The van der Waals surface area contributed by atoms with Crippen LogP contribution in [0.5, 0.6) is 0 Å². The zero-order valence-corrected chi connectivity index (χ0v) is 9.92. The zero-order valence-electron chi connectivity index (χ0n) is 9.10. The van der Waals surface area contributed by atoms with Crippen LogP contribution in [0.25, 0.3) is 11.0 Å². The van der Waals surface area contributed by atoms with Gasteiger partial charge in [0.1, 0.15) is 5.52 Å². The van der Waals surface area contributed by atoms with Gasteiger partial charge < -0.3 is 10.3 Å². The number of nitrogens with zero attached hydrogens (tertiary/aromatic N) is 3. The molecule has 0 fully saturated rings. The summed E-state index contributed by atoms with van der Waals surface area (Å²) in [6.45, 7) is 0.327. The molecular weight excluding hydrogens is 258 g/mol. The van der Waals surface area contributed by atoms with Crippen LogP contribution in [-0.2, 0) is 6.54 Å². The highest BCUT2D eigenvalue weighted by atomic mass is 32.1. The normalized spacial score (nSPS) is 11.2. The number of rotatable bonds is 2. The molecule has 3 aromatic rings. The summed E-state index contributed by atoms with van der Waals surface area (Å²) in [6.07, 6.45) is 1.66. The highest BCUT2D eigenvalue weighted by Gasteiger charge is 2.16. The minimum Gasteiger partial charge on any atom is -0.369 e. The lowest BCUT2D eigenvalue weighted by atomic mass is 10.3. The Morgan fingerprint density at radius 3 is 2.89 bits per heavy atom. The van der Waals surface area contributed by atoms with Crippen molar-refractivity contribution in [2.24, 2.45) is 0 Å². The number of hydrogen-bond donors (Lipinski definition) is 1. The van der Waals surface area contributed by atoms with Crippen molar-refractivity contribution in [3.63, 3.8) is 0 Å². The van der Waals surface area contributed by atoms with Crippen LogP contribution in [0, 0.1) is 11.6 Å². The third-order valence-corrected chi connectivity index (χ3v) is 3.39. The first-order chi connectivity index (χ1) is 8.66. The van der Waals surface area contributed by atoms with E-state index in [9.17, 15) is 8.78 Å². The van der Waals surface area contributed by atoms with Gasteiger partial charge in [-0.05, 0) is 12.1 Å². The number of imidazole rings is 1. The fourth-order valence-corrected chi connectivity index (χ4v) is 2.39. The van der Waals surface area contributed by atoms with Crippen LogP contribution >= 0.6 is 11.3 Å². The van der Waals surface area contributed by atoms with Crippen LogP contribution in [0.1, 0.15) is 4.88 Å².